The molecule has 1 N–H and O–H groups in total. The molecule has 0 saturated carbocycles. The maximum atomic E-state index is 11.4. The first-order chi connectivity index (χ1) is 14.6. The lowest BCUT2D eigenvalue weighted by Crippen LogP contribution is -2.06. The first-order valence-corrected chi connectivity index (χ1v) is 9.81. The van der Waals surface area contributed by atoms with Gasteiger partial charge in [0.15, 0.2) is 0 Å². The van der Waals surface area contributed by atoms with Crippen LogP contribution in [-0.2, 0) is 24.3 Å². The number of nitrogens with zero attached hydrogens (tertiary/aromatic N) is 2. The highest BCUT2D eigenvalue weighted by molar-refractivity contribution is 5.89. The molecule has 0 unspecified atom stereocenters. The van der Waals surface area contributed by atoms with E-state index >= 15 is 0 Å². The van der Waals surface area contributed by atoms with Crippen LogP contribution in [0.15, 0.2) is 66.8 Å². The summed E-state index contributed by atoms with van der Waals surface area (Å²) in [6.07, 6.45) is 8.13. The molecule has 0 fully saturated rings. The van der Waals surface area contributed by atoms with Gasteiger partial charge in [-0.2, -0.15) is 0 Å². The Hall–Kier alpha value is -3.38. The predicted octanol–water partition coefficient (Wildman–Crippen LogP) is 4.45. The minimum atomic E-state index is -0.899. The SMILES string of the molecule is CCc1cc(/C=C(\COCc2ccc(OC)cc2)Cn2ccnc2)ccc1C(=O)O. The van der Waals surface area contributed by atoms with Crippen LogP contribution in [0.3, 0.4) is 0 Å². The van der Waals surface area contributed by atoms with Crippen molar-refractivity contribution in [2.45, 2.75) is 26.5 Å². The van der Waals surface area contributed by atoms with E-state index in [-0.39, 0.29) is 0 Å². The lowest BCUT2D eigenvalue weighted by Gasteiger charge is -2.12. The molecule has 6 nitrogen and oxygen atoms in total. The van der Waals surface area contributed by atoms with Gasteiger partial charge in [0.1, 0.15) is 5.75 Å². The summed E-state index contributed by atoms with van der Waals surface area (Å²) in [6, 6.07) is 13.2. The van der Waals surface area contributed by atoms with E-state index in [2.05, 4.69) is 11.1 Å². The van der Waals surface area contributed by atoms with E-state index in [0.717, 1.165) is 28.0 Å². The van der Waals surface area contributed by atoms with Gasteiger partial charge in [0.25, 0.3) is 0 Å². The van der Waals surface area contributed by atoms with Crippen LogP contribution in [0.4, 0.5) is 0 Å². The van der Waals surface area contributed by atoms with Crippen LogP contribution in [0, 0.1) is 0 Å². The average molecular weight is 406 g/mol. The molecule has 0 atom stereocenters. The van der Waals surface area contributed by atoms with Gasteiger partial charge in [-0.3, -0.25) is 0 Å². The van der Waals surface area contributed by atoms with E-state index in [1.54, 1.807) is 25.7 Å². The largest absolute Gasteiger partial charge is 0.497 e. The van der Waals surface area contributed by atoms with E-state index in [1.165, 1.54) is 0 Å². The van der Waals surface area contributed by atoms with Crippen molar-refractivity contribution in [3.05, 3.63) is 89.0 Å². The molecule has 0 aliphatic carbocycles. The molecule has 0 spiro atoms. The van der Waals surface area contributed by atoms with Gasteiger partial charge in [0, 0.05) is 18.9 Å². The topological polar surface area (TPSA) is 73.6 Å². The molecule has 6 heteroatoms. The number of ether oxygens (including phenoxy) is 2. The summed E-state index contributed by atoms with van der Waals surface area (Å²) < 4.78 is 13.1. The summed E-state index contributed by atoms with van der Waals surface area (Å²) in [6.45, 7) is 3.54. The van der Waals surface area contributed by atoms with Crippen LogP contribution in [0.5, 0.6) is 5.75 Å². The van der Waals surface area contributed by atoms with Crippen molar-refractivity contribution in [2.75, 3.05) is 13.7 Å². The zero-order chi connectivity index (χ0) is 21.3. The Morgan fingerprint density at radius 2 is 2.00 bits per heavy atom. The lowest BCUT2D eigenvalue weighted by atomic mass is 10.0. The second kappa shape index (κ2) is 10.4. The zero-order valence-corrected chi connectivity index (χ0v) is 17.2. The fourth-order valence-corrected chi connectivity index (χ4v) is 3.21. The molecule has 2 aromatic carbocycles. The molecule has 0 aliphatic heterocycles. The summed E-state index contributed by atoms with van der Waals surface area (Å²) in [5.74, 6) is -0.0835. The van der Waals surface area contributed by atoms with Gasteiger partial charge in [0.05, 0.1) is 32.2 Å². The second-order valence-corrected chi connectivity index (χ2v) is 6.95. The fourth-order valence-electron chi connectivity index (χ4n) is 3.21. The number of carbonyl (C=O) groups is 1. The normalized spacial score (nSPS) is 11.5. The Balaban J connectivity index is 1.75. The average Bonchev–Trinajstić information content (AvgIpc) is 3.27. The van der Waals surface area contributed by atoms with Gasteiger partial charge in [-0.15, -0.1) is 0 Å². The Morgan fingerprint density at radius 1 is 1.20 bits per heavy atom. The minimum Gasteiger partial charge on any atom is -0.497 e. The lowest BCUT2D eigenvalue weighted by molar-refractivity contribution is 0.0695. The van der Waals surface area contributed by atoms with Crippen LogP contribution in [0.25, 0.3) is 6.08 Å². The first kappa shape index (κ1) is 21.3. The van der Waals surface area contributed by atoms with E-state index in [4.69, 9.17) is 9.47 Å². The van der Waals surface area contributed by atoms with Crippen LogP contribution in [0.2, 0.25) is 0 Å². The van der Waals surface area contributed by atoms with Crippen LogP contribution in [0.1, 0.15) is 34.0 Å². The molecule has 0 radical (unpaired) electrons. The molecular weight excluding hydrogens is 380 g/mol. The third-order valence-electron chi connectivity index (χ3n) is 4.77. The predicted molar refractivity (Wildman–Crippen MR) is 116 cm³/mol. The van der Waals surface area contributed by atoms with E-state index in [0.29, 0.717) is 31.7 Å². The summed E-state index contributed by atoms with van der Waals surface area (Å²) in [5.41, 5.74) is 4.25. The third-order valence-corrected chi connectivity index (χ3v) is 4.77. The number of hydrogen-bond acceptors (Lipinski definition) is 4. The van der Waals surface area contributed by atoms with Crippen molar-refractivity contribution >= 4 is 12.0 Å². The molecule has 0 aliphatic rings. The molecule has 1 aromatic heterocycles. The fraction of sp³-hybridized carbons (Fsp3) is 0.250. The van der Waals surface area contributed by atoms with Crippen molar-refractivity contribution in [3.63, 3.8) is 0 Å². The molecular formula is C24H26N2O4. The number of rotatable bonds is 10. The maximum Gasteiger partial charge on any atom is 0.335 e. The van der Waals surface area contributed by atoms with Gasteiger partial charge in [-0.25, -0.2) is 9.78 Å². The van der Waals surface area contributed by atoms with Crippen LogP contribution >= 0.6 is 0 Å². The molecule has 3 rings (SSSR count). The highest BCUT2D eigenvalue weighted by atomic mass is 16.5. The first-order valence-electron chi connectivity index (χ1n) is 9.81. The summed E-state index contributed by atoms with van der Waals surface area (Å²) in [5, 5.41) is 9.34. The zero-order valence-electron chi connectivity index (χ0n) is 17.2. The van der Waals surface area contributed by atoms with Gasteiger partial charge in [0.2, 0.25) is 0 Å². The molecule has 3 aromatic rings. The number of benzene rings is 2. The Morgan fingerprint density at radius 3 is 2.63 bits per heavy atom. The maximum absolute atomic E-state index is 11.4. The van der Waals surface area contributed by atoms with Gasteiger partial charge < -0.3 is 19.1 Å². The molecule has 0 bridgehead atoms. The number of carboxylic acid groups (broad SMARTS) is 1. The van der Waals surface area contributed by atoms with Crippen molar-refractivity contribution < 1.29 is 19.4 Å². The smallest absolute Gasteiger partial charge is 0.335 e. The Kier molecular flexibility index (Phi) is 7.40. The Bertz CT molecular complexity index is 993. The van der Waals surface area contributed by atoms with Gasteiger partial charge in [-0.1, -0.05) is 37.3 Å². The minimum absolute atomic E-state index is 0.349. The Labute approximate surface area is 176 Å². The quantitative estimate of drug-likeness (QED) is 0.538. The van der Waals surface area contributed by atoms with Crippen molar-refractivity contribution in [1.82, 2.24) is 9.55 Å². The van der Waals surface area contributed by atoms with Gasteiger partial charge >= 0.3 is 5.97 Å². The van der Waals surface area contributed by atoms with Crippen LogP contribution in [-0.4, -0.2) is 34.3 Å². The van der Waals surface area contributed by atoms with E-state index < -0.39 is 5.97 Å². The highest BCUT2D eigenvalue weighted by Gasteiger charge is 2.09. The number of carboxylic acids is 1. The van der Waals surface area contributed by atoms with Crippen molar-refractivity contribution in [2.24, 2.45) is 0 Å². The third kappa shape index (κ3) is 5.81. The number of imidazole rings is 1. The molecule has 156 valence electrons. The van der Waals surface area contributed by atoms with E-state index in [1.807, 2.05) is 54.1 Å². The van der Waals surface area contributed by atoms with Crippen molar-refractivity contribution in [3.8, 4) is 5.75 Å². The molecule has 1 heterocycles. The summed E-state index contributed by atoms with van der Waals surface area (Å²) >= 11 is 0. The number of hydrogen-bond donors (Lipinski definition) is 1. The van der Waals surface area contributed by atoms with Crippen LogP contribution < -0.4 is 4.74 Å². The molecule has 30 heavy (non-hydrogen) atoms. The number of methoxy groups -OCH3 is 1. The van der Waals surface area contributed by atoms with E-state index in [9.17, 15) is 9.90 Å². The standard InChI is InChI=1S/C24H26N2O4/c1-3-21-13-19(6-9-23(21)24(27)28)12-20(14-26-11-10-25-17-26)16-30-15-18-4-7-22(29-2)8-5-18/h4-13,17H,3,14-16H2,1-2H3,(H,27,28)/b20-12-. The highest BCUT2D eigenvalue weighted by Crippen LogP contribution is 2.18. The molecule has 0 saturated heterocycles. The number of aromatic carboxylic acids is 1. The second-order valence-electron chi connectivity index (χ2n) is 6.95. The number of aryl methyl sites for hydroxylation is 1. The monoisotopic (exact) mass is 406 g/mol. The van der Waals surface area contributed by atoms with Crippen molar-refractivity contribution in [1.29, 1.82) is 0 Å². The van der Waals surface area contributed by atoms with Gasteiger partial charge in [-0.05, 0) is 46.9 Å². The molecule has 0 amide bonds. The summed E-state index contributed by atoms with van der Waals surface area (Å²) in [7, 11) is 1.64. The summed E-state index contributed by atoms with van der Waals surface area (Å²) in [4.78, 5) is 15.5. The number of aromatic nitrogens is 2.